The van der Waals surface area contributed by atoms with Gasteiger partial charge in [0.25, 0.3) is 0 Å². The van der Waals surface area contributed by atoms with E-state index < -0.39 is 0 Å². The number of nitrogen functional groups attached to an aromatic ring is 1. The van der Waals surface area contributed by atoms with E-state index in [1.165, 1.54) is 0 Å². The summed E-state index contributed by atoms with van der Waals surface area (Å²) in [4.78, 5) is 0. The molecule has 0 unspecified atom stereocenters. The molecule has 1 nitrogen and oxygen atoms in total. The van der Waals surface area contributed by atoms with E-state index in [2.05, 4.69) is 13.8 Å². The molecule has 1 aromatic rings. The van der Waals surface area contributed by atoms with Gasteiger partial charge in [-0.25, -0.2) is 4.39 Å². The summed E-state index contributed by atoms with van der Waals surface area (Å²) in [5, 5.41) is 0. The van der Waals surface area contributed by atoms with Gasteiger partial charge in [-0.1, -0.05) is 26.0 Å². The van der Waals surface area contributed by atoms with Crippen LogP contribution in [0.2, 0.25) is 0 Å². The van der Waals surface area contributed by atoms with Crippen molar-refractivity contribution in [3.05, 3.63) is 29.6 Å². The first kappa shape index (κ1) is 11.4. The van der Waals surface area contributed by atoms with Crippen LogP contribution in [0.4, 0.5) is 10.1 Å². The molecule has 0 saturated heterocycles. The molecule has 0 heterocycles. The predicted octanol–water partition coefficient (Wildman–Crippen LogP) is 3.30. The van der Waals surface area contributed by atoms with Crippen LogP contribution in [0, 0.1) is 11.7 Å². The molecule has 14 heavy (non-hydrogen) atoms. The van der Waals surface area contributed by atoms with Crippen LogP contribution in [0.1, 0.15) is 19.4 Å². The van der Waals surface area contributed by atoms with E-state index in [1.807, 2.05) is 0 Å². The quantitative estimate of drug-likeness (QED) is 0.777. The standard InChI is InChI=1S/C11H16FNS/c1-8(2)6-14-7-9-4-3-5-10(13)11(9)12/h3-5,8H,6-7,13H2,1-2H3. The van der Waals surface area contributed by atoms with Gasteiger partial charge in [0.1, 0.15) is 5.82 Å². The van der Waals surface area contributed by atoms with Crippen molar-refractivity contribution in [2.45, 2.75) is 19.6 Å². The number of halogens is 1. The van der Waals surface area contributed by atoms with Crippen molar-refractivity contribution in [3.8, 4) is 0 Å². The van der Waals surface area contributed by atoms with Crippen LogP contribution in [0.3, 0.4) is 0 Å². The number of benzene rings is 1. The zero-order valence-electron chi connectivity index (χ0n) is 8.59. The molecule has 0 aliphatic rings. The first-order valence-corrected chi connectivity index (χ1v) is 5.87. The van der Waals surface area contributed by atoms with Gasteiger partial charge in [-0.05, 0) is 23.3 Å². The van der Waals surface area contributed by atoms with Crippen LogP contribution < -0.4 is 5.73 Å². The summed E-state index contributed by atoms with van der Waals surface area (Å²) in [6.45, 7) is 4.31. The molecule has 0 radical (unpaired) electrons. The number of anilines is 1. The average molecular weight is 213 g/mol. The zero-order chi connectivity index (χ0) is 10.6. The van der Waals surface area contributed by atoms with Crippen LogP contribution in [0.15, 0.2) is 18.2 Å². The zero-order valence-corrected chi connectivity index (χ0v) is 9.40. The topological polar surface area (TPSA) is 26.0 Å². The van der Waals surface area contributed by atoms with Gasteiger partial charge >= 0.3 is 0 Å². The highest BCUT2D eigenvalue weighted by atomic mass is 32.2. The fourth-order valence-corrected chi connectivity index (χ4v) is 2.15. The minimum atomic E-state index is -0.260. The van der Waals surface area contributed by atoms with E-state index in [0.29, 0.717) is 17.2 Å². The van der Waals surface area contributed by atoms with E-state index in [0.717, 1.165) is 5.75 Å². The largest absolute Gasteiger partial charge is 0.396 e. The molecule has 0 saturated carbocycles. The third kappa shape index (κ3) is 3.22. The van der Waals surface area contributed by atoms with Gasteiger partial charge in [0.05, 0.1) is 5.69 Å². The second-order valence-corrected chi connectivity index (χ2v) is 4.76. The molecule has 0 atom stereocenters. The normalized spacial score (nSPS) is 10.9. The Morgan fingerprint density at radius 1 is 1.43 bits per heavy atom. The summed E-state index contributed by atoms with van der Waals surface area (Å²) >= 11 is 1.74. The van der Waals surface area contributed by atoms with Crippen LogP contribution in [0.25, 0.3) is 0 Å². The van der Waals surface area contributed by atoms with Crippen molar-refractivity contribution < 1.29 is 4.39 Å². The van der Waals surface area contributed by atoms with Gasteiger partial charge < -0.3 is 5.73 Å². The molecule has 0 bridgehead atoms. The SMILES string of the molecule is CC(C)CSCc1cccc(N)c1F. The Kier molecular flexibility index (Phi) is 4.26. The van der Waals surface area contributed by atoms with Gasteiger partial charge in [-0.2, -0.15) is 11.8 Å². The summed E-state index contributed by atoms with van der Waals surface area (Å²) in [6.07, 6.45) is 0. The van der Waals surface area contributed by atoms with E-state index in [-0.39, 0.29) is 11.5 Å². The molecule has 1 aromatic carbocycles. The summed E-state index contributed by atoms with van der Waals surface area (Å²) in [5.41, 5.74) is 6.42. The molecule has 0 fully saturated rings. The highest BCUT2D eigenvalue weighted by Gasteiger charge is 2.05. The minimum Gasteiger partial charge on any atom is -0.396 e. The molecule has 3 heteroatoms. The van der Waals surface area contributed by atoms with E-state index in [1.54, 1.807) is 30.0 Å². The summed E-state index contributed by atoms with van der Waals surface area (Å²) in [6, 6.07) is 5.18. The highest BCUT2D eigenvalue weighted by Crippen LogP contribution is 2.21. The number of hydrogen-bond acceptors (Lipinski definition) is 2. The Bertz CT molecular complexity index is 299. The molecule has 0 spiro atoms. The summed E-state index contributed by atoms with van der Waals surface area (Å²) in [5.74, 6) is 2.14. The smallest absolute Gasteiger partial charge is 0.150 e. The third-order valence-electron chi connectivity index (χ3n) is 1.82. The van der Waals surface area contributed by atoms with Crippen molar-refractivity contribution in [1.82, 2.24) is 0 Å². The van der Waals surface area contributed by atoms with Crippen molar-refractivity contribution in [3.63, 3.8) is 0 Å². The van der Waals surface area contributed by atoms with Crippen LogP contribution in [-0.4, -0.2) is 5.75 Å². The van der Waals surface area contributed by atoms with E-state index in [9.17, 15) is 4.39 Å². The Labute approximate surface area is 88.9 Å². The molecule has 2 N–H and O–H groups in total. The van der Waals surface area contributed by atoms with Crippen LogP contribution >= 0.6 is 11.8 Å². The van der Waals surface area contributed by atoms with Crippen molar-refractivity contribution in [2.24, 2.45) is 5.92 Å². The monoisotopic (exact) mass is 213 g/mol. The average Bonchev–Trinajstić information content (AvgIpc) is 2.12. The fraction of sp³-hybridized carbons (Fsp3) is 0.455. The van der Waals surface area contributed by atoms with E-state index in [4.69, 9.17) is 5.73 Å². The molecular formula is C11H16FNS. The van der Waals surface area contributed by atoms with Gasteiger partial charge in [-0.15, -0.1) is 0 Å². The Morgan fingerprint density at radius 2 is 2.14 bits per heavy atom. The number of hydrogen-bond donors (Lipinski definition) is 1. The maximum Gasteiger partial charge on any atom is 0.150 e. The van der Waals surface area contributed by atoms with Crippen molar-refractivity contribution in [1.29, 1.82) is 0 Å². The van der Waals surface area contributed by atoms with Crippen LogP contribution in [0.5, 0.6) is 0 Å². The lowest BCUT2D eigenvalue weighted by molar-refractivity contribution is 0.622. The molecule has 0 aliphatic carbocycles. The second-order valence-electron chi connectivity index (χ2n) is 3.73. The molecule has 0 aromatic heterocycles. The highest BCUT2D eigenvalue weighted by molar-refractivity contribution is 7.98. The lowest BCUT2D eigenvalue weighted by atomic mass is 10.2. The first-order valence-electron chi connectivity index (χ1n) is 4.72. The second kappa shape index (κ2) is 5.25. The third-order valence-corrected chi connectivity index (χ3v) is 3.23. The maximum atomic E-state index is 13.4. The summed E-state index contributed by atoms with van der Waals surface area (Å²) in [7, 11) is 0. The number of rotatable bonds is 4. The lowest BCUT2D eigenvalue weighted by Crippen LogP contribution is -1.97. The molecular weight excluding hydrogens is 197 g/mol. The Morgan fingerprint density at radius 3 is 2.79 bits per heavy atom. The maximum absolute atomic E-state index is 13.4. The number of thioether (sulfide) groups is 1. The van der Waals surface area contributed by atoms with Crippen molar-refractivity contribution in [2.75, 3.05) is 11.5 Å². The predicted molar refractivity (Wildman–Crippen MR) is 61.8 cm³/mol. The Hall–Kier alpha value is -0.700. The number of nitrogens with two attached hydrogens (primary N) is 1. The molecule has 0 amide bonds. The fourth-order valence-electron chi connectivity index (χ4n) is 1.12. The minimum absolute atomic E-state index is 0.243. The van der Waals surface area contributed by atoms with Crippen LogP contribution in [-0.2, 0) is 5.75 Å². The van der Waals surface area contributed by atoms with Gasteiger partial charge in [0, 0.05) is 5.75 Å². The van der Waals surface area contributed by atoms with E-state index >= 15 is 0 Å². The summed E-state index contributed by atoms with van der Waals surface area (Å²) < 4.78 is 13.4. The lowest BCUT2D eigenvalue weighted by Gasteiger charge is -2.06. The molecule has 0 aliphatic heterocycles. The van der Waals surface area contributed by atoms with Gasteiger partial charge in [0.2, 0.25) is 0 Å². The Balaban J connectivity index is 2.54. The molecule has 1 rings (SSSR count). The van der Waals surface area contributed by atoms with Crippen molar-refractivity contribution >= 4 is 17.4 Å². The molecule has 78 valence electrons. The first-order chi connectivity index (χ1) is 6.61. The van der Waals surface area contributed by atoms with Gasteiger partial charge in [-0.3, -0.25) is 0 Å². The van der Waals surface area contributed by atoms with Gasteiger partial charge in [0.15, 0.2) is 0 Å².